The van der Waals surface area contributed by atoms with E-state index in [9.17, 15) is 5.11 Å². The van der Waals surface area contributed by atoms with Gasteiger partial charge in [0.25, 0.3) is 0 Å². The highest BCUT2D eigenvalue weighted by Gasteiger charge is 2.18. The van der Waals surface area contributed by atoms with Crippen LogP contribution < -0.4 is 10.2 Å². The van der Waals surface area contributed by atoms with E-state index < -0.39 is 5.60 Å². The van der Waals surface area contributed by atoms with Crippen LogP contribution in [0.4, 0.5) is 11.6 Å². The molecule has 2 heterocycles. The standard InChI is InChI=1S/C13H22N4O2/c1-3-13(2,18)9-14-11-8-12(16-10-15-11)17-4-6-19-7-5-17/h8,10,18H,3-7,9H2,1-2H3,(H,14,15,16). The van der Waals surface area contributed by atoms with Crippen molar-refractivity contribution in [3.8, 4) is 0 Å². The van der Waals surface area contributed by atoms with Gasteiger partial charge in [0.2, 0.25) is 0 Å². The molecule has 6 nitrogen and oxygen atoms in total. The minimum absolute atomic E-state index is 0.475. The molecule has 1 aromatic heterocycles. The lowest BCUT2D eigenvalue weighted by Gasteiger charge is -2.28. The second kappa shape index (κ2) is 6.16. The van der Waals surface area contributed by atoms with Crippen LogP contribution in [0, 0.1) is 0 Å². The summed E-state index contributed by atoms with van der Waals surface area (Å²) in [6.07, 6.45) is 2.25. The molecule has 1 aromatic rings. The number of aliphatic hydroxyl groups is 1. The molecule has 2 N–H and O–H groups in total. The molecular weight excluding hydrogens is 244 g/mol. The van der Waals surface area contributed by atoms with Gasteiger partial charge < -0.3 is 20.1 Å². The number of morpholine rings is 1. The number of nitrogens with one attached hydrogen (secondary N) is 1. The maximum absolute atomic E-state index is 9.97. The lowest BCUT2D eigenvalue weighted by molar-refractivity contribution is 0.0696. The summed E-state index contributed by atoms with van der Waals surface area (Å²) in [5.74, 6) is 1.64. The van der Waals surface area contributed by atoms with Crippen molar-refractivity contribution >= 4 is 11.6 Å². The summed E-state index contributed by atoms with van der Waals surface area (Å²) in [4.78, 5) is 10.6. The van der Waals surface area contributed by atoms with E-state index >= 15 is 0 Å². The van der Waals surface area contributed by atoms with Crippen molar-refractivity contribution < 1.29 is 9.84 Å². The maximum atomic E-state index is 9.97. The van der Waals surface area contributed by atoms with Crippen LogP contribution >= 0.6 is 0 Å². The number of nitrogens with zero attached hydrogens (tertiary/aromatic N) is 3. The van der Waals surface area contributed by atoms with E-state index in [-0.39, 0.29) is 0 Å². The molecule has 1 aliphatic rings. The first kappa shape index (κ1) is 14.0. The van der Waals surface area contributed by atoms with Gasteiger partial charge in [0.05, 0.1) is 18.8 Å². The van der Waals surface area contributed by atoms with Crippen LogP contribution in [-0.4, -0.2) is 53.5 Å². The highest BCUT2D eigenvalue weighted by Crippen LogP contribution is 2.16. The van der Waals surface area contributed by atoms with Gasteiger partial charge in [-0.05, 0) is 13.3 Å². The highest BCUT2D eigenvalue weighted by molar-refractivity contribution is 5.48. The second-order valence-corrected chi connectivity index (χ2v) is 5.06. The molecule has 0 spiro atoms. The average molecular weight is 266 g/mol. The molecule has 106 valence electrons. The Morgan fingerprint density at radius 1 is 1.42 bits per heavy atom. The van der Waals surface area contributed by atoms with E-state index in [1.807, 2.05) is 19.9 Å². The Balaban J connectivity index is 1.98. The highest BCUT2D eigenvalue weighted by atomic mass is 16.5. The van der Waals surface area contributed by atoms with Crippen LogP contribution in [0.3, 0.4) is 0 Å². The molecule has 1 aliphatic heterocycles. The van der Waals surface area contributed by atoms with E-state index in [2.05, 4.69) is 20.2 Å². The van der Waals surface area contributed by atoms with Crippen molar-refractivity contribution in [1.82, 2.24) is 9.97 Å². The van der Waals surface area contributed by atoms with Gasteiger partial charge in [-0.3, -0.25) is 0 Å². The first-order valence-corrected chi connectivity index (χ1v) is 6.72. The van der Waals surface area contributed by atoms with Gasteiger partial charge >= 0.3 is 0 Å². The molecule has 2 rings (SSSR count). The van der Waals surface area contributed by atoms with E-state index in [1.54, 1.807) is 6.33 Å². The predicted molar refractivity (Wildman–Crippen MR) is 74.5 cm³/mol. The fourth-order valence-electron chi connectivity index (χ4n) is 1.82. The number of hydrogen-bond donors (Lipinski definition) is 2. The zero-order valence-corrected chi connectivity index (χ0v) is 11.6. The SMILES string of the molecule is CCC(C)(O)CNc1cc(N2CCOCC2)ncn1. The largest absolute Gasteiger partial charge is 0.388 e. The van der Waals surface area contributed by atoms with Crippen molar-refractivity contribution in [3.63, 3.8) is 0 Å². The number of hydrogen-bond acceptors (Lipinski definition) is 6. The Kier molecular flexibility index (Phi) is 4.55. The third kappa shape index (κ3) is 4.04. The molecule has 0 aliphatic carbocycles. The fourth-order valence-corrected chi connectivity index (χ4v) is 1.82. The number of anilines is 2. The minimum Gasteiger partial charge on any atom is -0.388 e. The molecule has 19 heavy (non-hydrogen) atoms. The molecule has 6 heteroatoms. The molecule has 0 amide bonds. The molecule has 1 fully saturated rings. The number of ether oxygens (including phenoxy) is 1. The summed E-state index contributed by atoms with van der Waals surface area (Å²) in [6, 6.07) is 1.91. The van der Waals surface area contributed by atoms with Crippen LogP contribution in [0.2, 0.25) is 0 Å². The Bertz CT molecular complexity index is 405. The van der Waals surface area contributed by atoms with Crippen LogP contribution in [0.5, 0.6) is 0 Å². The Morgan fingerprint density at radius 2 is 2.16 bits per heavy atom. The smallest absolute Gasteiger partial charge is 0.134 e. The van der Waals surface area contributed by atoms with Crippen molar-refractivity contribution in [2.75, 3.05) is 43.1 Å². The molecule has 1 atom stereocenters. The normalized spacial score (nSPS) is 19.0. The third-order valence-corrected chi connectivity index (χ3v) is 3.40. The predicted octanol–water partition coefficient (Wildman–Crippen LogP) is 0.886. The summed E-state index contributed by atoms with van der Waals surface area (Å²) in [5, 5.41) is 13.1. The molecular formula is C13H22N4O2. The monoisotopic (exact) mass is 266 g/mol. The quantitative estimate of drug-likeness (QED) is 0.824. The fraction of sp³-hybridized carbons (Fsp3) is 0.692. The van der Waals surface area contributed by atoms with Gasteiger partial charge in [-0.1, -0.05) is 6.92 Å². The molecule has 0 radical (unpaired) electrons. The van der Waals surface area contributed by atoms with Crippen molar-refractivity contribution in [3.05, 3.63) is 12.4 Å². The van der Waals surface area contributed by atoms with Gasteiger partial charge in [0.1, 0.15) is 18.0 Å². The minimum atomic E-state index is -0.718. The Morgan fingerprint density at radius 3 is 2.84 bits per heavy atom. The van der Waals surface area contributed by atoms with Gasteiger partial charge in [0, 0.05) is 25.7 Å². The van der Waals surface area contributed by atoms with Gasteiger partial charge in [-0.15, -0.1) is 0 Å². The zero-order valence-electron chi connectivity index (χ0n) is 11.6. The van der Waals surface area contributed by atoms with Gasteiger partial charge in [-0.2, -0.15) is 0 Å². The zero-order chi connectivity index (χ0) is 13.7. The molecule has 1 saturated heterocycles. The first-order chi connectivity index (χ1) is 9.11. The van der Waals surface area contributed by atoms with Crippen LogP contribution in [0.15, 0.2) is 12.4 Å². The summed E-state index contributed by atoms with van der Waals surface area (Å²) in [6.45, 7) is 7.41. The topological polar surface area (TPSA) is 70.5 Å². The van der Waals surface area contributed by atoms with Crippen molar-refractivity contribution in [2.45, 2.75) is 25.9 Å². The van der Waals surface area contributed by atoms with Crippen LogP contribution in [-0.2, 0) is 4.74 Å². The molecule has 0 aromatic carbocycles. The molecule has 0 bridgehead atoms. The van der Waals surface area contributed by atoms with Crippen molar-refractivity contribution in [1.29, 1.82) is 0 Å². The van der Waals surface area contributed by atoms with Crippen LogP contribution in [0.25, 0.3) is 0 Å². The van der Waals surface area contributed by atoms with Gasteiger partial charge in [-0.25, -0.2) is 9.97 Å². The first-order valence-electron chi connectivity index (χ1n) is 6.72. The summed E-state index contributed by atoms with van der Waals surface area (Å²) in [5.41, 5.74) is -0.718. The molecule has 0 saturated carbocycles. The van der Waals surface area contributed by atoms with Gasteiger partial charge in [0.15, 0.2) is 0 Å². The van der Waals surface area contributed by atoms with E-state index in [4.69, 9.17) is 4.74 Å². The lowest BCUT2D eigenvalue weighted by atomic mass is 10.0. The molecule has 1 unspecified atom stereocenters. The third-order valence-electron chi connectivity index (χ3n) is 3.40. The van der Waals surface area contributed by atoms with E-state index in [1.165, 1.54) is 0 Å². The number of rotatable bonds is 5. The van der Waals surface area contributed by atoms with E-state index in [0.717, 1.165) is 37.9 Å². The Labute approximate surface area is 113 Å². The summed E-state index contributed by atoms with van der Waals surface area (Å²) < 4.78 is 5.32. The maximum Gasteiger partial charge on any atom is 0.134 e. The summed E-state index contributed by atoms with van der Waals surface area (Å²) >= 11 is 0. The Hall–Kier alpha value is -1.40. The van der Waals surface area contributed by atoms with Crippen LogP contribution in [0.1, 0.15) is 20.3 Å². The average Bonchev–Trinajstić information content (AvgIpc) is 2.47. The summed E-state index contributed by atoms with van der Waals surface area (Å²) in [7, 11) is 0. The van der Waals surface area contributed by atoms with Crippen molar-refractivity contribution in [2.24, 2.45) is 0 Å². The number of aromatic nitrogens is 2. The lowest BCUT2D eigenvalue weighted by Crippen LogP contribution is -2.37. The second-order valence-electron chi connectivity index (χ2n) is 5.06. The van der Waals surface area contributed by atoms with E-state index in [0.29, 0.717) is 13.0 Å².